The average molecular weight is 326 g/mol. The number of hydrogen-bond donors (Lipinski definition) is 2. The summed E-state index contributed by atoms with van der Waals surface area (Å²) >= 11 is 0. The van der Waals surface area contributed by atoms with Crippen LogP contribution in [0.2, 0.25) is 0 Å². The van der Waals surface area contributed by atoms with E-state index in [9.17, 15) is 4.79 Å². The fourth-order valence-electron chi connectivity index (χ4n) is 2.77. The maximum atomic E-state index is 11.4. The number of ether oxygens (including phenoxy) is 1. The van der Waals surface area contributed by atoms with Crippen molar-refractivity contribution < 1.29 is 9.53 Å². The van der Waals surface area contributed by atoms with Crippen molar-refractivity contribution in [2.24, 2.45) is 10.9 Å². The smallest absolute Gasteiger partial charge is 0.220 e. The zero-order valence-electron chi connectivity index (χ0n) is 15.1. The molecule has 0 bridgehead atoms. The monoisotopic (exact) mass is 326 g/mol. The van der Waals surface area contributed by atoms with E-state index in [4.69, 9.17) is 4.74 Å². The Morgan fingerprint density at radius 2 is 1.96 bits per heavy atom. The van der Waals surface area contributed by atoms with Crippen LogP contribution in [-0.4, -0.2) is 63.7 Å². The van der Waals surface area contributed by atoms with E-state index in [2.05, 4.69) is 27.4 Å². The molecule has 0 saturated carbocycles. The highest BCUT2D eigenvalue weighted by molar-refractivity contribution is 5.80. The van der Waals surface area contributed by atoms with Crippen LogP contribution < -0.4 is 10.6 Å². The maximum Gasteiger partial charge on any atom is 0.220 e. The first-order valence-corrected chi connectivity index (χ1v) is 8.95. The lowest BCUT2D eigenvalue weighted by molar-refractivity contribution is -0.121. The van der Waals surface area contributed by atoms with Gasteiger partial charge in [0.05, 0.1) is 0 Å². The van der Waals surface area contributed by atoms with E-state index in [1.807, 2.05) is 7.05 Å². The van der Waals surface area contributed by atoms with Gasteiger partial charge in [0.25, 0.3) is 0 Å². The maximum absolute atomic E-state index is 11.4. The average Bonchev–Trinajstić information content (AvgIpc) is 2.58. The summed E-state index contributed by atoms with van der Waals surface area (Å²) in [4.78, 5) is 18.1. The molecule has 0 aromatic rings. The number of likely N-dealkylation sites (tertiary alicyclic amines) is 1. The molecule has 0 aromatic heterocycles. The van der Waals surface area contributed by atoms with Crippen molar-refractivity contribution in [1.82, 2.24) is 15.5 Å². The summed E-state index contributed by atoms with van der Waals surface area (Å²) in [5.41, 5.74) is 0. The van der Waals surface area contributed by atoms with Gasteiger partial charge >= 0.3 is 0 Å². The van der Waals surface area contributed by atoms with Crippen LogP contribution in [0, 0.1) is 5.92 Å². The number of piperidine rings is 1. The number of rotatable bonds is 9. The second kappa shape index (κ2) is 12.2. The van der Waals surface area contributed by atoms with Crippen molar-refractivity contribution in [1.29, 1.82) is 0 Å². The normalized spacial score (nSPS) is 16.5. The predicted molar refractivity (Wildman–Crippen MR) is 94.7 cm³/mol. The van der Waals surface area contributed by atoms with Gasteiger partial charge in [-0.25, -0.2) is 0 Å². The molecule has 1 fully saturated rings. The zero-order chi connectivity index (χ0) is 16.9. The molecule has 23 heavy (non-hydrogen) atoms. The minimum atomic E-state index is 0.147. The van der Waals surface area contributed by atoms with Crippen LogP contribution in [0.5, 0.6) is 0 Å². The van der Waals surface area contributed by atoms with Crippen LogP contribution >= 0.6 is 0 Å². The Morgan fingerprint density at radius 3 is 2.57 bits per heavy atom. The molecule has 1 amide bonds. The third-order valence-corrected chi connectivity index (χ3v) is 4.27. The zero-order valence-corrected chi connectivity index (χ0v) is 15.1. The number of hydrogen-bond acceptors (Lipinski definition) is 3. The van der Waals surface area contributed by atoms with Gasteiger partial charge in [0.2, 0.25) is 5.91 Å². The molecular formula is C17H34N4O2. The van der Waals surface area contributed by atoms with E-state index >= 15 is 0 Å². The molecule has 1 heterocycles. The van der Waals surface area contributed by atoms with Crippen molar-refractivity contribution in [3.8, 4) is 0 Å². The van der Waals surface area contributed by atoms with Gasteiger partial charge in [0.15, 0.2) is 5.96 Å². The molecule has 0 atom stereocenters. The molecule has 0 aromatic carbocycles. The van der Waals surface area contributed by atoms with Gasteiger partial charge in [0, 0.05) is 53.4 Å². The molecule has 6 nitrogen and oxygen atoms in total. The van der Waals surface area contributed by atoms with E-state index in [0.29, 0.717) is 12.3 Å². The molecule has 0 spiro atoms. The Morgan fingerprint density at radius 1 is 1.26 bits per heavy atom. The van der Waals surface area contributed by atoms with Gasteiger partial charge in [-0.1, -0.05) is 13.3 Å². The molecule has 1 rings (SSSR count). The summed E-state index contributed by atoms with van der Waals surface area (Å²) in [6.45, 7) is 6.66. The third-order valence-electron chi connectivity index (χ3n) is 4.27. The lowest BCUT2D eigenvalue weighted by Crippen LogP contribution is -2.46. The summed E-state index contributed by atoms with van der Waals surface area (Å²) in [5.74, 6) is 1.61. The van der Waals surface area contributed by atoms with Crippen LogP contribution in [0.3, 0.4) is 0 Å². The highest BCUT2D eigenvalue weighted by Crippen LogP contribution is 2.20. The quantitative estimate of drug-likeness (QED) is 0.384. The molecule has 1 aliphatic heterocycles. The SMILES string of the molecule is CCCCOCCCNC(=NC)N1CCC(CC(=O)NC)CC1. The number of unbranched alkanes of at least 4 members (excludes halogenated alkanes) is 1. The molecular weight excluding hydrogens is 292 g/mol. The molecule has 0 unspecified atom stereocenters. The predicted octanol–water partition coefficient (Wildman–Crippen LogP) is 1.62. The molecule has 1 aliphatic rings. The largest absolute Gasteiger partial charge is 0.381 e. The van der Waals surface area contributed by atoms with Crippen LogP contribution in [0.1, 0.15) is 45.4 Å². The fourth-order valence-corrected chi connectivity index (χ4v) is 2.77. The van der Waals surface area contributed by atoms with E-state index in [-0.39, 0.29) is 5.91 Å². The van der Waals surface area contributed by atoms with Crippen LogP contribution in [0.25, 0.3) is 0 Å². The number of aliphatic imine (C=N–C) groups is 1. The molecule has 1 saturated heterocycles. The Bertz CT molecular complexity index is 353. The van der Waals surface area contributed by atoms with E-state index in [0.717, 1.165) is 64.5 Å². The van der Waals surface area contributed by atoms with Gasteiger partial charge in [-0.3, -0.25) is 9.79 Å². The molecule has 0 radical (unpaired) electrons. The van der Waals surface area contributed by atoms with E-state index < -0.39 is 0 Å². The van der Waals surface area contributed by atoms with Gasteiger partial charge in [0.1, 0.15) is 0 Å². The van der Waals surface area contributed by atoms with Crippen molar-refractivity contribution in [2.75, 3.05) is 46.9 Å². The van der Waals surface area contributed by atoms with E-state index in [1.165, 1.54) is 6.42 Å². The topological polar surface area (TPSA) is 66.0 Å². The molecule has 134 valence electrons. The summed E-state index contributed by atoms with van der Waals surface area (Å²) in [6, 6.07) is 0. The van der Waals surface area contributed by atoms with Gasteiger partial charge in [-0.05, 0) is 31.6 Å². The molecule has 6 heteroatoms. The minimum absolute atomic E-state index is 0.147. The number of nitrogens with one attached hydrogen (secondary N) is 2. The highest BCUT2D eigenvalue weighted by atomic mass is 16.5. The first kappa shape index (κ1) is 19.7. The standard InChI is InChI=1S/C17H34N4O2/c1-4-5-12-23-13-6-9-20-17(19-3)21-10-7-15(8-11-21)14-16(22)18-2/h15H,4-14H2,1-3H3,(H,18,22)(H,19,20). The third kappa shape index (κ3) is 8.21. The fraction of sp³-hybridized carbons (Fsp3) is 0.882. The van der Waals surface area contributed by atoms with Crippen LogP contribution in [-0.2, 0) is 9.53 Å². The molecule has 0 aliphatic carbocycles. The number of nitrogens with zero attached hydrogens (tertiary/aromatic N) is 2. The summed E-state index contributed by atoms with van der Waals surface area (Å²) in [6.07, 6.45) is 6.06. The van der Waals surface area contributed by atoms with E-state index in [1.54, 1.807) is 7.05 Å². The van der Waals surface area contributed by atoms with Gasteiger partial charge in [-0.2, -0.15) is 0 Å². The Hall–Kier alpha value is -1.30. The van der Waals surface area contributed by atoms with Crippen molar-refractivity contribution in [3.63, 3.8) is 0 Å². The number of carbonyl (C=O) groups is 1. The number of amides is 1. The summed E-state index contributed by atoms with van der Waals surface area (Å²) < 4.78 is 5.57. The lowest BCUT2D eigenvalue weighted by Gasteiger charge is -2.34. The lowest BCUT2D eigenvalue weighted by atomic mass is 9.93. The second-order valence-electron chi connectivity index (χ2n) is 6.10. The Labute approximate surface area is 141 Å². The second-order valence-corrected chi connectivity index (χ2v) is 6.10. The Kier molecular flexibility index (Phi) is 10.4. The van der Waals surface area contributed by atoms with Crippen molar-refractivity contribution in [2.45, 2.75) is 45.4 Å². The molecule has 2 N–H and O–H groups in total. The minimum Gasteiger partial charge on any atom is -0.381 e. The van der Waals surface area contributed by atoms with Crippen molar-refractivity contribution >= 4 is 11.9 Å². The van der Waals surface area contributed by atoms with Gasteiger partial charge < -0.3 is 20.3 Å². The summed E-state index contributed by atoms with van der Waals surface area (Å²) in [5, 5.41) is 6.12. The first-order chi connectivity index (χ1) is 11.2. The highest BCUT2D eigenvalue weighted by Gasteiger charge is 2.22. The first-order valence-electron chi connectivity index (χ1n) is 8.95. The number of guanidine groups is 1. The Balaban J connectivity index is 2.17. The van der Waals surface area contributed by atoms with Crippen LogP contribution in [0.15, 0.2) is 4.99 Å². The summed E-state index contributed by atoms with van der Waals surface area (Å²) in [7, 11) is 3.53. The van der Waals surface area contributed by atoms with Crippen LogP contribution in [0.4, 0.5) is 0 Å². The van der Waals surface area contributed by atoms with Gasteiger partial charge in [-0.15, -0.1) is 0 Å². The van der Waals surface area contributed by atoms with Crippen molar-refractivity contribution in [3.05, 3.63) is 0 Å². The number of carbonyl (C=O) groups excluding carboxylic acids is 1.